The lowest BCUT2D eigenvalue weighted by Gasteiger charge is -2.15. The quantitative estimate of drug-likeness (QED) is 0.0840. The molecule has 0 saturated carbocycles. The van der Waals surface area contributed by atoms with E-state index in [2.05, 4.69) is 35.7 Å². The SMILES string of the molecule is CCCc1cc2c(C(F)(F)F)noc2c(CCC)c1O.CCCc1cc2c(C(F)(F)F)noc2c(CCC)c1OCC(=O)OC.COC(=O)CBr. The lowest BCUT2D eigenvalue weighted by Crippen LogP contribution is -2.14. The molecule has 0 saturated heterocycles. The van der Waals surface area contributed by atoms with Crippen molar-refractivity contribution >= 4 is 49.8 Å². The summed E-state index contributed by atoms with van der Waals surface area (Å²) in [6, 6.07) is 2.73. The van der Waals surface area contributed by atoms with E-state index in [9.17, 15) is 41.0 Å². The van der Waals surface area contributed by atoms with Crippen LogP contribution in [0.1, 0.15) is 87.0 Å². The summed E-state index contributed by atoms with van der Waals surface area (Å²) in [6.45, 7) is 7.27. The number of carbonyl (C=O) groups is 2. The lowest BCUT2D eigenvalue weighted by molar-refractivity contribution is -0.143. The predicted octanol–water partition coefficient (Wildman–Crippen LogP) is 9.31. The van der Waals surface area contributed by atoms with Crippen LogP contribution in [0, 0.1) is 0 Å². The molecule has 0 aliphatic rings. The van der Waals surface area contributed by atoms with Gasteiger partial charge >= 0.3 is 24.3 Å². The van der Waals surface area contributed by atoms with E-state index in [4.69, 9.17) is 13.8 Å². The van der Waals surface area contributed by atoms with Crippen molar-refractivity contribution in [1.29, 1.82) is 0 Å². The number of benzene rings is 2. The molecule has 2 aromatic heterocycles. The van der Waals surface area contributed by atoms with Crippen LogP contribution in [0.4, 0.5) is 26.3 Å². The van der Waals surface area contributed by atoms with Crippen LogP contribution in [0.2, 0.25) is 0 Å². The van der Waals surface area contributed by atoms with Gasteiger partial charge in [-0.25, -0.2) is 4.79 Å². The number of hydrogen-bond donors (Lipinski definition) is 1. The van der Waals surface area contributed by atoms with E-state index >= 15 is 0 Å². The zero-order chi connectivity index (χ0) is 38.5. The monoisotopic (exact) mass is 798 g/mol. The van der Waals surface area contributed by atoms with Crippen LogP contribution < -0.4 is 4.74 Å². The minimum atomic E-state index is -4.60. The number of aromatic nitrogens is 2. The Hall–Kier alpha value is -4.02. The number of rotatable bonds is 12. The Morgan fingerprint density at radius 1 is 0.725 bits per heavy atom. The molecule has 0 unspecified atom stereocenters. The van der Waals surface area contributed by atoms with E-state index in [0.29, 0.717) is 72.9 Å². The molecule has 17 heteroatoms. The number of ether oxygens (including phenoxy) is 3. The summed E-state index contributed by atoms with van der Waals surface area (Å²) in [5.41, 5.74) is 0.0318. The Morgan fingerprint density at radius 2 is 1.16 bits per heavy atom. The summed E-state index contributed by atoms with van der Waals surface area (Å²) in [4.78, 5) is 21.3. The Balaban J connectivity index is 0.000000310. The van der Waals surface area contributed by atoms with Gasteiger partial charge in [-0.3, -0.25) is 4.79 Å². The van der Waals surface area contributed by atoms with Gasteiger partial charge in [0.25, 0.3) is 0 Å². The fourth-order valence-corrected chi connectivity index (χ4v) is 5.31. The molecule has 1 N–H and O–H groups in total. The third-order valence-corrected chi connectivity index (χ3v) is 7.73. The standard InChI is InChI=1S/C17H20F3NO4.C14H16F3NO2.C3H5BrO2/c1-4-6-10-8-12-15(25-21-16(12)17(18,19)20)11(7-5-2)14(10)24-9-13(22)23-3;1-3-5-8-7-10-12(9(6-4-2)11(8)19)20-18-13(10)14(15,16)17;1-6-3(5)2-4/h8H,4-7,9H2,1-3H3;7,19H,3-6H2,1-2H3;2H2,1H3. The molecule has 0 spiro atoms. The second-order valence-electron chi connectivity index (χ2n) is 11.1. The van der Waals surface area contributed by atoms with Crippen molar-refractivity contribution in [3.8, 4) is 11.5 Å². The third kappa shape index (κ3) is 11.2. The molecule has 0 fully saturated rings. The number of alkyl halides is 7. The first-order valence-electron chi connectivity index (χ1n) is 16.1. The average Bonchev–Trinajstić information content (AvgIpc) is 3.71. The van der Waals surface area contributed by atoms with E-state index < -0.39 is 29.7 Å². The Labute approximate surface area is 298 Å². The van der Waals surface area contributed by atoms with E-state index in [0.717, 1.165) is 6.42 Å². The number of fused-ring (bicyclic) bond motifs is 2. The predicted molar refractivity (Wildman–Crippen MR) is 179 cm³/mol. The molecular formula is C34H41BrF6N2O8. The zero-order valence-corrected chi connectivity index (χ0v) is 30.7. The molecular weight excluding hydrogens is 758 g/mol. The number of nitrogens with zero attached hydrogens (tertiary/aromatic N) is 2. The molecule has 51 heavy (non-hydrogen) atoms. The molecule has 0 aliphatic carbocycles. The van der Waals surface area contributed by atoms with Gasteiger partial charge in [-0.05, 0) is 48.9 Å². The number of esters is 2. The van der Waals surface area contributed by atoms with Crippen molar-refractivity contribution in [2.75, 3.05) is 26.2 Å². The fraction of sp³-hybridized carbons (Fsp3) is 0.529. The number of aryl methyl sites for hydroxylation is 4. The lowest BCUT2D eigenvalue weighted by atomic mass is 9.98. The van der Waals surface area contributed by atoms with Crippen molar-refractivity contribution in [2.24, 2.45) is 0 Å². The molecule has 0 aliphatic heterocycles. The second kappa shape index (κ2) is 19.6. The van der Waals surface area contributed by atoms with Crippen LogP contribution in [-0.4, -0.2) is 53.5 Å². The maximum atomic E-state index is 13.2. The van der Waals surface area contributed by atoms with Crippen molar-refractivity contribution < 1.29 is 64.3 Å². The first-order chi connectivity index (χ1) is 24.0. The number of methoxy groups -OCH3 is 2. The highest BCUT2D eigenvalue weighted by molar-refractivity contribution is 9.09. The van der Waals surface area contributed by atoms with Gasteiger partial charge in [0.15, 0.2) is 29.2 Å². The number of carbonyl (C=O) groups excluding carboxylic acids is 2. The van der Waals surface area contributed by atoms with E-state index in [-0.39, 0.29) is 45.6 Å². The first kappa shape index (κ1) is 43.1. The van der Waals surface area contributed by atoms with E-state index in [1.165, 1.54) is 26.4 Å². The van der Waals surface area contributed by atoms with Crippen molar-refractivity contribution in [2.45, 2.75) is 91.4 Å². The maximum Gasteiger partial charge on any atom is 0.437 e. The number of phenols is 1. The van der Waals surface area contributed by atoms with Crippen LogP contribution in [0.25, 0.3) is 21.9 Å². The summed E-state index contributed by atoms with van der Waals surface area (Å²) < 4.78 is 102. The van der Waals surface area contributed by atoms with Gasteiger partial charge in [0, 0.05) is 11.1 Å². The second-order valence-corrected chi connectivity index (χ2v) is 11.7. The highest BCUT2D eigenvalue weighted by Crippen LogP contribution is 2.42. The van der Waals surface area contributed by atoms with Crippen molar-refractivity contribution in [1.82, 2.24) is 10.3 Å². The van der Waals surface area contributed by atoms with Crippen LogP contribution in [0.15, 0.2) is 21.2 Å². The summed E-state index contributed by atoms with van der Waals surface area (Å²) in [5.74, 6) is -0.397. The van der Waals surface area contributed by atoms with E-state index in [1.54, 1.807) is 0 Å². The first-order valence-corrected chi connectivity index (χ1v) is 17.2. The van der Waals surface area contributed by atoms with Crippen LogP contribution in [0.3, 0.4) is 0 Å². The molecule has 0 atom stereocenters. The Morgan fingerprint density at radius 3 is 1.57 bits per heavy atom. The third-order valence-electron chi connectivity index (χ3n) is 7.27. The molecule has 0 bridgehead atoms. The van der Waals surface area contributed by atoms with Crippen LogP contribution in [-0.2, 0) is 57.1 Å². The van der Waals surface area contributed by atoms with Gasteiger partial charge in [0.05, 0.1) is 25.0 Å². The molecule has 4 rings (SSSR count). The average molecular weight is 800 g/mol. The van der Waals surface area contributed by atoms with Gasteiger partial charge < -0.3 is 28.4 Å². The van der Waals surface area contributed by atoms with Crippen molar-refractivity contribution in [3.63, 3.8) is 0 Å². The van der Waals surface area contributed by atoms with E-state index in [1.807, 2.05) is 27.7 Å². The Kier molecular flexibility index (Phi) is 16.5. The number of phenolic OH excluding ortho intramolecular Hbond substituents is 1. The molecule has 2 heterocycles. The Bertz CT molecular complexity index is 1750. The van der Waals surface area contributed by atoms with Gasteiger partial charge in [-0.1, -0.05) is 79.6 Å². The van der Waals surface area contributed by atoms with Crippen LogP contribution >= 0.6 is 15.9 Å². The fourth-order valence-electron chi connectivity index (χ4n) is 5.09. The molecule has 2 aromatic carbocycles. The van der Waals surface area contributed by atoms with Gasteiger partial charge in [0.2, 0.25) is 0 Å². The van der Waals surface area contributed by atoms with Crippen LogP contribution in [0.5, 0.6) is 11.5 Å². The summed E-state index contributed by atoms with van der Waals surface area (Å²) in [6.07, 6.45) is -4.45. The molecule has 0 amide bonds. The molecule has 284 valence electrons. The highest BCUT2D eigenvalue weighted by atomic mass is 79.9. The number of hydrogen-bond acceptors (Lipinski definition) is 10. The zero-order valence-electron chi connectivity index (χ0n) is 29.1. The van der Waals surface area contributed by atoms with Gasteiger partial charge in [-0.15, -0.1) is 0 Å². The topological polar surface area (TPSA) is 134 Å². The number of halogens is 7. The summed E-state index contributed by atoms with van der Waals surface area (Å²) >= 11 is 2.90. The number of aromatic hydroxyl groups is 1. The highest BCUT2D eigenvalue weighted by Gasteiger charge is 2.39. The van der Waals surface area contributed by atoms with Gasteiger partial charge in [-0.2, -0.15) is 26.3 Å². The van der Waals surface area contributed by atoms with Crippen molar-refractivity contribution in [3.05, 3.63) is 45.8 Å². The molecule has 0 radical (unpaired) electrons. The normalized spacial score (nSPS) is 11.5. The molecule has 4 aromatic rings. The minimum Gasteiger partial charge on any atom is -0.507 e. The summed E-state index contributed by atoms with van der Waals surface area (Å²) in [7, 11) is 2.59. The summed E-state index contributed by atoms with van der Waals surface area (Å²) in [5, 5.41) is 16.7. The minimum absolute atomic E-state index is 0.0334. The largest absolute Gasteiger partial charge is 0.507 e. The van der Waals surface area contributed by atoms with Gasteiger partial charge in [0.1, 0.15) is 16.8 Å². The maximum absolute atomic E-state index is 13.2. The molecule has 10 nitrogen and oxygen atoms in total. The smallest absolute Gasteiger partial charge is 0.437 e.